The third-order valence-electron chi connectivity index (χ3n) is 5.32. The summed E-state index contributed by atoms with van der Waals surface area (Å²) in [6.45, 7) is 6.78. The zero-order valence-electron chi connectivity index (χ0n) is 18.0. The monoisotopic (exact) mass is 479 g/mol. The van der Waals surface area contributed by atoms with Crippen molar-refractivity contribution in [3.63, 3.8) is 0 Å². The molecular weight excluding hydrogens is 458 g/mol. The molecule has 0 fully saturated rings. The van der Waals surface area contributed by atoms with E-state index >= 15 is 0 Å². The molecule has 7 nitrogen and oxygen atoms in total. The average molecular weight is 480 g/mol. The van der Waals surface area contributed by atoms with Crippen LogP contribution in [0.3, 0.4) is 0 Å². The number of aromatic nitrogens is 5. The molecule has 0 saturated carbocycles. The summed E-state index contributed by atoms with van der Waals surface area (Å²) in [5.41, 5.74) is 2.77. The minimum Gasteiger partial charge on any atom is -0.485 e. The highest BCUT2D eigenvalue weighted by Crippen LogP contribution is 2.37. The number of nitrogens with zero attached hydrogens (tertiary/aromatic N) is 5. The van der Waals surface area contributed by atoms with Crippen LogP contribution in [-0.4, -0.2) is 31.2 Å². The summed E-state index contributed by atoms with van der Waals surface area (Å²) in [5.74, 6) is 2.75. The Morgan fingerprint density at radius 2 is 1.88 bits per heavy atom. The predicted octanol–water partition coefficient (Wildman–Crippen LogP) is 5.42. The van der Waals surface area contributed by atoms with Crippen molar-refractivity contribution in [3.8, 4) is 17.2 Å². The fourth-order valence-corrected chi connectivity index (χ4v) is 5.12. The van der Waals surface area contributed by atoms with Gasteiger partial charge in [0, 0.05) is 17.9 Å². The number of allylic oxidation sites excluding steroid dienone is 1. The van der Waals surface area contributed by atoms with Crippen molar-refractivity contribution in [2.45, 2.75) is 30.5 Å². The maximum Gasteiger partial charge on any atom is 0.192 e. The molecule has 0 bridgehead atoms. The van der Waals surface area contributed by atoms with E-state index in [-0.39, 0.29) is 6.10 Å². The first-order chi connectivity index (χ1) is 16.2. The van der Waals surface area contributed by atoms with Gasteiger partial charge >= 0.3 is 0 Å². The molecule has 0 radical (unpaired) electrons. The second kappa shape index (κ2) is 9.33. The van der Waals surface area contributed by atoms with Crippen molar-refractivity contribution in [1.82, 2.24) is 24.5 Å². The Bertz CT molecular complexity index is 1290. The van der Waals surface area contributed by atoms with E-state index in [0.29, 0.717) is 35.6 Å². The third-order valence-corrected chi connectivity index (χ3v) is 6.70. The molecule has 0 amide bonds. The lowest BCUT2D eigenvalue weighted by Gasteiger charge is -2.26. The van der Waals surface area contributed by atoms with Crippen molar-refractivity contribution < 1.29 is 9.47 Å². The van der Waals surface area contributed by atoms with Gasteiger partial charge in [0.05, 0.1) is 11.4 Å². The number of halogens is 1. The van der Waals surface area contributed by atoms with Gasteiger partial charge in [0.25, 0.3) is 0 Å². The van der Waals surface area contributed by atoms with Gasteiger partial charge < -0.3 is 9.47 Å². The molecule has 0 saturated heterocycles. The molecule has 1 atom stereocenters. The molecule has 0 N–H and O–H groups in total. The highest BCUT2D eigenvalue weighted by atomic mass is 35.5. The first-order valence-corrected chi connectivity index (χ1v) is 11.9. The van der Waals surface area contributed by atoms with E-state index in [1.807, 2.05) is 72.2 Å². The Labute approximate surface area is 201 Å². The van der Waals surface area contributed by atoms with Gasteiger partial charge in [-0.2, -0.15) is 5.10 Å². The Morgan fingerprint density at radius 1 is 1.12 bits per heavy atom. The van der Waals surface area contributed by atoms with Gasteiger partial charge in [-0.25, -0.2) is 4.68 Å². The van der Waals surface area contributed by atoms with Crippen molar-refractivity contribution in [2.75, 3.05) is 6.61 Å². The Morgan fingerprint density at radius 3 is 2.67 bits per heavy atom. The van der Waals surface area contributed by atoms with E-state index in [1.165, 1.54) is 0 Å². The second-order valence-corrected chi connectivity index (χ2v) is 8.80. The highest BCUT2D eigenvalue weighted by Gasteiger charge is 2.28. The number of ether oxygens (including phenoxy) is 2. The van der Waals surface area contributed by atoms with Crippen LogP contribution >= 0.6 is 23.4 Å². The molecule has 168 valence electrons. The summed E-state index contributed by atoms with van der Waals surface area (Å²) in [6, 6.07) is 17.5. The molecule has 1 aliphatic heterocycles. The van der Waals surface area contributed by atoms with Crippen molar-refractivity contribution in [3.05, 3.63) is 89.5 Å². The molecule has 3 heterocycles. The minimum absolute atomic E-state index is 0.354. The van der Waals surface area contributed by atoms with Crippen LogP contribution in [0.5, 0.6) is 11.5 Å². The van der Waals surface area contributed by atoms with E-state index in [9.17, 15) is 0 Å². The highest BCUT2D eigenvalue weighted by molar-refractivity contribution is 7.98. The summed E-state index contributed by atoms with van der Waals surface area (Å²) in [7, 11) is 0. The van der Waals surface area contributed by atoms with Crippen molar-refractivity contribution >= 4 is 23.4 Å². The lowest BCUT2D eigenvalue weighted by atomic mass is 10.2. The first kappa shape index (κ1) is 21.6. The number of para-hydroxylation sites is 3. The van der Waals surface area contributed by atoms with Gasteiger partial charge in [0.15, 0.2) is 28.6 Å². The smallest absolute Gasteiger partial charge is 0.192 e. The average Bonchev–Trinajstić information content (AvgIpc) is 3.38. The molecule has 1 unspecified atom stereocenters. The second-order valence-electron chi connectivity index (χ2n) is 7.50. The minimum atomic E-state index is -0.354. The summed E-state index contributed by atoms with van der Waals surface area (Å²) in [4.78, 5) is 0. The maximum absolute atomic E-state index is 6.70. The molecule has 2 aromatic heterocycles. The topological polar surface area (TPSA) is 67.0 Å². The van der Waals surface area contributed by atoms with Crippen molar-refractivity contribution in [2.24, 2.45) is 0 Å². The van der Waals surface area contributed by atoms with Gasteiger partial charge in [-0.3, -0.25) is 4.57 Å². The van der Waals surface area contributed by atoms with E-state index in [4.69, 9.17) is 21.1 Å². The van der Waals surface area contributed by atoms with Crippen LogP contribution in [0.15, 0.2) is 72.4 Å². The van der Waals surface area contributed by atoms with Gasteiger partial charge in [0.2, 0.25) is 0 Å². The standard InChI is InChI=1S/C24H22ClN5O2S/c1-3-13-29-23(21-14-31-19-11-7-8-12-20(19)32-21)26-27-24(29)33-15-18-16(2)28-30(22(18)25)17-9-5-4-6-10-17/h3-12,21H,1,13-15H2,2H3. The molecule has 0 spiro atoms. The summed E-state index contributed by atoms with van der Waals surface area (Å²) in [6.07, 6.45) is 1.47. The quantitative estimate of drug-likeness (QED) is 0.260. The summed E-state index contributed by atoms with van der Waals surface area (Å²) < 4.78 is 15.8. The van der Waals surface area contributed by atoms with Gasteiger partial charge in [0.1, 0.15) is 11.8 Å². The lowest BCUT2D eigenvalue weighted by molar-refractivity contribution is 0.0821. The molecule has 2 aromatic carbocycles. The number of rotatable bonds is 7. The molecule has 5 rings (SSSR count). The Balaban J connectivity index is 1.38. The molecule has 33 heavy (non-hydrogen) atoms. The maximum atomic E-state index is 6.70. The van der Waals surface area contributed by atoms with E-state index in [0.717, 1.165) is 27.9 Å². The van der Waals surface area contributed by atoms with E-state index in [1.54, 1.807) is 16.4 Å². The molecule has 4 aromatic rings. The molecule has 9 heteroatoms. The van der Waals surface area contributed by atoms with E-state index in [2.05, 4.69) is 21.9 Å². The number of benzene rings is 2. The summed E-state index contributed by atoms with van der Waals surface area (Å²) >= 11 is 8.25. The van der Waals surface area contributed by atoms with Gasteiger partial charge in [-0.1, -0.05) is 59.8 Å². The molecular formula is C24H22ClN5O2S. The zero-order valence-corrected chi connectivity index (χ0v) is 19.6. The fourth-order valence-electron chi connectivity index (χ4n) is 3.66. The number of fused-ring (bicyclic) bond motifs is 1. The van der Waals surface area contributed by atoms with E-state index < -0.39 is 0 Å². The van der Waals surface area contributed by atoms with Crippen LogP contribution in [0.4, 0.5) is 0 Å². The number of hydrogen-bond donors (Lipinski definition) is 0. The molecule has 1 aliphatic rings. The summed E-state index contributed by atoms with van der Waals surface area (Å²) in [5, 5.41) is 14.8. The van der Waals surface area contributed by atoms with Crippen LogP contribution in [0.25, 0.3) is 5.69 Å². The predicted molar refractivity (Wildman–Crippen MR) is 128 cm³/mol. The zero-order chi connectivity index (χ0) is 22.8. The fraction of sp³-hybridized carbons (Fsp3) is 0.208. The van der Waals surface area contributed by atoms with Crippen LogP contribution < -0.4 is 9.47 Å². The molecule has 0 aliphatic carbocycles. The first-order valence-electron chi connectivity index (χ1n) is 10.5. The number of aryl methyl sites for hydroxylation is 1. The SMILES string of the molecule is C=CCn1c(SCc2c(C)nn(-c3ccccc3)c2Cl)nnc1C1COc2ccccc2O1. The number of hydrogen-bond acceptors (Lipinski definition) is 6. The van der Waals surface area contributed by atoms with Crippen LogP contribution in [-0.2, 0) is 12.3 Å². The Kier molecular flexibility index (Phi) is 6.11. The Hall–Kier alpha value is -3.23. The van der Waals surface area contributed by atoms with Crippen LogP contribution in [0.1, 0.15) is 23.2 Å². The van der Waals surface area contributed by atoms with Crippen molar-refractivity contribution in [1.29, 1.82) is 0 Å². The largest absolute Gasteiger partial charge is 0.485 e. The number of thioether (sulfide) groups is 1. The normalized spacial score (nSPS) is 14.9. The van der Waals surface area contributed by atoms with Gasteiger partial charge in [-0.05, 0) is 31.2 Å². The van der Waals surface area contributed by atoms with Crippen LogP contribution in [0.2, 0.25) is 5.15 Å². The third kappa shape index (κ3) is 4.24. The van der Waals surface area contributed by atoms with Crippen LogP contribution in [0, 0.1) is 6.92 Å². The lowest BCUT2D eigenvalue weighted by Crippen LogP contribution is -2.25. The van der Waals surface area contributed by atoms with Gasteiger partial charge in [-0.15, -0.1) is 16.8 Å².